The molecule has 0 aliphatic rings. The molecule has 0 fully saturated rings. The first-order chi connectivity index (χ1) is 2.00. The van der Waals surface area contributed by atoms with Crippen molar-refractivity contribution < 1.29 is 42.7 Å². The van der Waals surface area contributed by atoms with Crippen molar-refractivity contribution in [2.75, 3.05) is 0 Å². The molecule has 0 atom stereocenters. The Kier molecular flexibility index (Phi) is 104. The van der Waals surface area contributed by atoms with Gasteiger partial charge in [-0.1, -0.05) is 0 Å². The van der Waals surface area contributed by atoms with E-state index in [1.807, 2.05) is 0 Å². The van der Waals surface area contributed by atoms with Crippen LogP contribution < -0.4 is 0 Å². The molecule has 4 heteroatoms. The van der Waals surface area contributed by atoms with Crippen LogP contribution in [0.2, 0.25) is 0 Å². The fourth-order valence-corrected chi connectivity index (χ4v) is 0. The zero-order valence-corrected chi connectivity index (χ0v) is 4.61. The van der Waals surface area contributed by atoms with Gasteiger partial charge in [0.15, 0.2) is 0 Å². The molecule has 27 valence electrons. The summed E-state index contributed by atoms with van der Waals surface area (Å²) in [5.41, 5.74) is 0. The molecule has 0 rings (SSSR count). The molecule has 0 spiro atoms. The van der Waals surface area contributed by atoms with Crippen LogP contribution in [0.15, 0.2) is 0 Å². The van der Waals surface area contributed by atoms with Gasteiger partial charge in [-0.3, -0.25) is 0 Å². The molecule has 0 aromatic rings. The summed E-state index contributed by atoms with van der Waals surface area (Å²) in [6, 6.07) is 0. The topological polar surface area (TPSA) is 34.1 Å². The number of hydrogen-bond donors (Lipinski definition) is 0. The molecular formula is CoMoO2. The van der Waals surface area contributed by atoms with Gasteiger partial charge in [-0.2, -0.15) is 0 Å². The molecular weight excluding hydrogens is 187 g/mol. The third kappa shape index (κ3) is 14.3. The van der Waals surface area contributed by atoms with Crippen molar-refractivity contribution in [1.29, 1.82) is 0 Å². The molecule has 0 bridgehead atoms. The van der Waals surface area contributed by atoms with Gasteiger partial charge in [-0.05, 0) is 0 Å². The molecule has 0 heterocycles. The molecule has 0 unspecified atom stereocenters. The maximum absolute atomic E-state index is 8.26. The van der Waals surface area contributed by atoms with E-state index in [1.165, 1.54) is 0 Å². The molecule has 4 heavy (non-hydrogen) atoms. The summed E-state index contributed by atoms with van der Waals surface area (Å²) in [6.07, 6.45) is 0. The van der Waals surface area contributed by atoms with Crippen molar-refractivity contribution >= 4 is 0 Å². The summed E-state index contributed by atoms with van der Waals surface area (Å²) >= 11 is 3.01. The van der Waals surface area contributed by atoms with Gasteiger partial charge >= 0.3 is 42.7 Å². The van der Waals surface area contributed by atoms with E-state index in [4.69, 9.17) is 7.26 Å². The van der Waals surface area contributed by atoms with Crippen LogP contribution in [0.5, 0.6) is 0 Å². The first-order valence-corrected chi connectivity index (χ1v) is 1.55. The van der Waals surface area contributed by atoms with Gasteiger partial charge in [0.2, 0.25) is 0 Å². The molecule has 2 nitrogen and oxygen atoms in total. The van der Waals surface area contributed by atoms with E-state index in [-0.39, 0.29) is 0 Å². The molecule has 0 saturated carbocycles. The third-order valence-electron chi connectivity index (χ3n) is 0. The molecule has 0 amide bonds. The molecule has 0 aromatic heterocycles. The predicted molar refractivity (Wildman–Crippen MR) is 1.37 cm³/mol. The van der Waals surface area contributed by atoms with E-state index in [0.29, 0.717) is 19.8 Å². The summed E-state index contributed by atoms with van der Waals surface area (Å²) in [5.74, 6) is 0. The van der Waals surface area contributed by atoms with Crippen LogP contribution in [0.25, 0.3) is 0 Å². The molecule has 0 aliphatic heterocycles. The summed E-state index contributed by atoms with van der Waals surface area (Å²) in [5, 5.41) is 0. The zero-order chi connectivity index (χ0) is 4.00. The van der Waals surface area contributed by atoms with Gasteiger partial charge in [-0.25, -0.2) is 0 Å². The van der Waals surface area contributed by atoms with Gasteiger partial charge in [0.25, 0.3) is 0 Å². The van der Waals surface area contributed by atoms with Crippen molar-refractivity contribution in [2.45, 2.75) is 0 Å². The second-order valence-electron chi connectivity index (χ2n) is 0. The van der Waals surface area contributed by atoms with Gasteiger partial charge < -0.3 is 0 Å². The van der Waals surface area contributed by atoms with E-state index >= 15 is 0 Å². The number of hydrogen-bond acceptors (Lipinski definition) is 2. The van der Waals surface area contributed by atoms with Crippen molar-refractivity contribution in [3.05, 3.63) is 0 Å². The fourth-order valence-electron chi connectivity index (χ4n) is 0. The molecule has 0 saturated heterocycles. The van der Waals surface area contributed by atoms with E-state index in [0.717, 1.165) is 0 Å². The van der Waals surface area contributed by atoms with Crippen molar-refractivity contribution in [1.82, 2.24) is 0 Å². The van der Waals surface area contributed by atoms with Gasteiger partial charge in [0, 0.05) is 0 Å². The monoisotopic (exact) mass is 189 g/mol. The van der Waals surface area contributed by atoms with Crippen molar-refractivity contribution in [3.8, 4) is 0 Å². The first-order valence-electron chi connectivity index (χ1n) is 0.303. The normalized spacial score (nSPS) is 2.25. The van der Waals surface area contributed by atoms with Gasteiger partial charge in [0.05, 0.1) is 0 Å². The van der Waals surface area contributed by atoms with Crippen LogP contribution >= 0.6 is 0 Å². The maximum atomic E-state index is 8.26. The van der Waals surface area contributed by atoms with E-state index in [1.54, 1.807) is 0 Å². The molecule has 0 aromatic carbocycles. The van der Waals surface area contributed by atoms with E-state index in [2.05, 4.69) is 15.7 Å². The quantitative estimate of drug-likeness (QED) is 0.490. The fraction of sp³-hybridized carbons (Fsp3) is 0. The zero-order valence-electron chi connectivity index (χ0n) is 1.56. The Morgan fingerprint density at radius 2 is 1.25 bits per heavy atom. The van der Waals surface area contributed by atoms with Crippen LogP contribution in [0, 0.1) is 0 Å². The number of rotatable bonds is 0. The Bertz CT molecular complexity index is 8.00. The standard InChI is InChI=1S/Co.Mo.2O. The SMILES string of the molecule is [O]=[Co].[O]=[Mo]. The molecule has 0 N–H and O–H groups in total. The van der Waals surface area contributed by atoms with Gasteiger partial charge in [-0.15, -0.1) is 0 Å². The van der Waals surface area contributed by atoms with Crippen LogP contribution in [-0.4, -0.2) is 0 Å². The minimum atomic E-state index is 0.700. The van der Waals surface area contributed by atoms with Crippen molar-refractivity contribution in [2.24, 2.45) is 0 Å². The molecule has 0 aliphatic carbocycles. The Balaban J connectivity index is 0. The van der Waals surface area contributed by atoms with Crippen LogP contribution in [0.1, 0.15) is 0 Å². The van der Waals surface area contributed by atoms with Crippen molar-refractivity contribution in [3.63, 3.8) is 0 Å². The average Bonchev–Trinajstić information content (AvgIpc) is 1.50. The van der Waals surface area contributed by atoms with Crippen LogP contribution in [-0.2, 0) is 42.7 Å². The Morgan fingerprint density at radius 1 is 1.25 bits per heavy atom. The van der Waals surface area contributed by atoms with Gasteiger partial charge in [0.1, 0.15) is 0 Å². The van der Waals surface area contributed by atoms with E-state index in [9.17, 15) is 0 Å². The molecule has 0 radical (unpaired) electrons. The van der Waals surface area contributed by atoms with E-state index < -0.39 is 0 Å². The first kappa shape index (κ1) is 8.84. The Labute approximate surface area is 42.9 Å². The third-order valence-corrected chi connectivity index (χ3v) is 0. The average molecular weight is 187 g/mol. The second-order valence-corrected chi connectivity index (χ2v) is 0. The Morgan fingerprint density at radius 3 is 1.25 bits per heavy atom. The van der Waals surface area contributed by atoms with Crippen LogP contribution in [0.3, 0.4) is 0 Å². The summed E-state index contributed by atoms with van der Waals surface area (Å²) in [4.78, 5) is 0. The van der Waals surface area contributed by atoms with Crippen LogP contribution in [0.4, 0.5) is 0 Å². The predicted octanol–water partition coefficient (Wildman–Crippen LogP) is -0.243. The summed E-state index contributed by atoms with van der Waals surface area (Å²) < 4.78 is 16.2. The summed E-state index contributed by atoms with van der Waals surface area (Å²) in [6.45, 7) is 0. The summed E-state index contributed by atoms with van der Waals surface area (Å²) in [7, 11) is 0. The minimum absolute atomic E-state index is 0.700. The Hall–Kier alpha value is 0.795. The second kappa shape index (κ2) is 46.9.